The second kappa shape index (κ2) is 3.10. The van der Waals surface area contributed by atoms with Gasteiger partial charge in [0.05, 0.1) is 5.69 Å². The zero-order chi connectivity index (χ0) is 9.47. The lowest BCUT2D eigenvalue weighted by Crippen LogP contribution is -2.22. The van der Waals surface area contributed by atoms with Crippen molar-refractivity contribution in [2.45, 2.75) is 38.1 Å². The van der Waals surface area contributed by atoms with Crippen molar-refractivity contribution < 1.29 is 4.42 Å². The van der Waals surface area contributed by atoms with Crippen molar-refractivity contribution in [1.82, 2.24) is 4.98 Å². The standard InChI is InChI=1S/C9H13BrN2O/c1-6-7(13-8(10)12-6)2-3-9(11)4-5-9/h2-5,11H2,1H3. The molecule has 13 heavy (non-hydrogen) atoms. The van der Waals surface area contributed by atoms with Crippen LogP contribution in [0.2, 0.25) is 0 Å². The third-order valence-corrected chi connectivity index (χ3v) is 2.95. The van der Waals surface area contributed by atoms with E-state index >= 15 is 0 Å². The summed E-state index contributed by atoms with van der Waals surface area (Å²) in [6, 6.07) is 0. The summed E-state index contributed by atoms with van der Waals surface area (Å²) in [4.78, 5) is 4.71. The molecule has 4 heteroatoms. The van der Waals surface area contributed by atoms with E-state index < -0.39 is 0 Å². The normalized spacial score (nSPS) is 19.0. The largest absolute Gasteiger partial charge is 0.436 e. The summed E-state index contributed by atoms with van der Waals surface area (Å²) >= 11 is 3.21. The fourth-order valence-electron chi connectivity index (χ4n) is 1.40. The molecule has 1 aromatic rings. The Kier molecular flexibility index (Phi) is 2.20. The van der Waals surface area contributed by atoms with E-state index in [0.29, 0.717) is 4.80 Å². The Hall–Kier alpha value is -0.350. The maximum absolute atomic E-state index is 5.98. The van der Waals surface area contributed by atoms with Gasteiger partial charge in [0.2, 0.25) is 0 Å². The van der Waals surface area contributed by atoms with E-state index in [4.69, 9.17) is 10.2 Å². The zero-order valence-corrected chi connectivity index (χ0v) is 9.23. The lowest BCUT2D eigenvalue weighted by molar-refractivity contribution is 0.457. The van der Waals surface area contributed by atoms with Crippen LogP contribution in [0, 0.1) is 6.92 Å². The second-order valence-corrected chi connectivity index (χ2v) is 4.52. The lowest BCUT2D eigenvalue weighted by atomic mass is 10.1. The van der Waals surface area contributed by atoms with E-state index in [1.807, 2.05) is 6.92 Å². The van der Waals surface area contributed by atoms with Crippen LogP contribution in [-0.4, -0.2) is 10.5 Å². The molecule has 1 aromatic heterocycles. The molecule has 1 fully saturated rings. The van der Waals surface area contributed by atoms with Crippen LogP contribution in [0.5, 0.6) is 0 Å². The Morgan fingerprint density at radius 2 is 2.31 bits per heavy atom. The minimum absolute atomic E-state index is 0.103. The lowest BCUT2D eigenvalue weighted by Gasteiger charge is -2.05. The number of rotatable bonds is 3. The minimum atomic E-state index is 0.103. The first-order chi connectivity index (χ1) is 6.09. The molecule has 0 radical (unpaired) electrons. The predicted molar refractivity (Wildman–Crippen MR) is 53.4 cm³/mol. The van der Waals surface area contributed by atoms with Crippen LogP contribution in [0.4, 0.5) is 0 Å². The van der Waals surface area contributed by atoms with Gasteiger partial charge in [-0.1, -0.05) is 0 Å². The Morgan fingerprint density at radius 1 is 1.62 bits per heavy atom. The number of nitrogens with zero attached hydrogens (tertiary/aromatic N) is 1. The molecule has 2 N–H and O–H groups in total. The zero-order valence-electron chi connectivity index (χ0n) is 7.64. The van der Waals surface area contributed by atoms with Crippen LogP contribution >= 0.6 is 15.9 Å². The molecule has 0 aromatic carbocycles. The first-order valence-electron chi connectivity index (χ1n) is 4.50. The topological polar surface area (TPSA) is 52.0 Å². The summed E-state index contributed by atoms with van der Waals surface area (Å²) in [6.07, 6.45) is 4.22. The molecular formula is C9H13BrN2O. The summed E-state index contributed by atoms with van der Waals surface area (Å²) in [6.45, 7) is 1.96. The van der Waals surface area contributed by atoms with Crippen molar-refractivity contribution in [3.05, 3.63) is 16.3 Å². The quantitative estimate of drug-likeness (QED) is 0.887. The van der Waals surface area contributed by atoms with Gasteiger partial charge in [-0.15, -0.1) is 0 Å². The summed E-state index contributed by atoms with van der Waals surface area (Å²) in [5.41, 5.74) is 7.05. The van der Waals surface area contributed by atoms with E-state index in [-0.39, 0.29) is 5.54 Å². The predicted octanol–water partition coefficient (Wildman–Crippen LogP) is 2.17. The fourth-order valence-corrected chi connectivity index (χ4v) is 1.86. The van der Waals surface area contributed by atoms with Crippen LogP contribution < -0.4 is 5.73 Å². The number of aryl methyl sites for hydroxylation is 2. The highest BCUT2D eigenvalue weighted by atomic mass is 79.9. The van der Waals surface area contributed by atoms with Crippen molar-refractivity contribution in [3.8, 4) is 0 Å². The van der Waals surface area contributed by atoms with Gasteiger partial charge in [-0.3, -0.25) is 0 Å². The number of nitrogens with two attached hydrogens (primary N) is 1. The van der Waals surface area contributed by atoms with Gasteiger partial charge in [0.15, 0.2) is 0 Å². The molecule has 2 rings (SSSR count). The maximum Gasteiger partial charge on any atom is 0.264 e. The molecule has 1 saturated carbocycles. The summed E-state index contributed by atoms with van der Waals surface area (Å²) in [5.74, 6) is 0.962. The average molecular weight is 245 g/mol. The molecule has 0 amide bonds. The number of oxazole rings is 1. The first-order valence-corrected chi connectivity index (χ1v) is 5.29. The SMILES string of the molecule is Cc1nc(Br)oc1CCC1(N)CC1. The van der Waals surface area contributed by atoms with E-state index in [1.165, 1.54) is 0 Å². The van der Waals surface area contributed by atoms with Gasteiger partial charge in [-0.2, -0.15) is 0 Å². The molecule has 1 aliphatic rings. The Bertz CT molecular complexity index is 317. The van der Waals surface area contributed by atoms with E-state index in [2.05, 4.69) is 20.9 Å². The van der Waals surface area contributed by atoms with Crippen molar-refractivity contribution in [3.63, 3.8) is 0 Å². The summed E-state index contributed by atoms with van der Waals surface area (Å²) in [7, 11) is 0. The van der Waals surface area contributed by atoms with E-state index in [9.17, 15) is 0 Å². The molecule has 1 aliphatic carbocycles. The van der Waals surface area contributed by atoms with E-state index in [0.717, 1.165) is 37.1 Å². The molecule has 72 valence electrons. The van der Waals surface area contributed by atoms with Crippen LogP contribution in [0.15, 0.2) is 9.22 Å². The molecule has 0 aliphatic heterocycles. The monoisotopic (exact) mass is 244 g/mol. The molecular weight excluding hydrogens is 232 g/mol. The molecule has 0 atom stereocenters. The number of halogens is 1. The Morgan fingerprint density at radius 3 is 2.77 bits per heavy atom. The summed E-state index contributed by atoms with van der Waals surface area (Å²) in [5, 5.41) is 0. The number of aromatic nitrogens is 1. The molecule has 0 saturated heterocycles. The molecule has 3 nitrogen and oxygen atoms in total. The highest BCUT2D eigenvalue weighted by Crippen LogP contribution is 2.36. The highest BCUT2D eigenvalue weighted by molar-refractivity contribution is 9.10. The van der Waals surface area contributed by atoms with Gasteiger partial charge in [-0.05, 0) is 26.2 Å². The minimum Gasteiger partial charge on any atom is -0.436 e. The van der Waals surface area contributed by atoms with Gasteiger partial charge in [0.25, 0.3) is 4.80 Å². The highest BCUT2D eigenvalue weighted by Gasteiger charge is 2.37. The van der Waals surface area contributed by atoms with Crippen LogP contribution in [0.25, 0.3) is 0 Å². The average Bonchev–Trinajstić information content (AvgIpc) is 2.69. The molecule has 0 spiro atoms. The molecule has 1 heterocycles. The van der Waals surface area contributed by atoms with Crippen LogP contribution in [0.3, 0.4) is 0 Å². The van der Waals surface area contributed by atoms with Gasteiger partial charge in [0.1, 0.15) is 5.76 Å². The maximum atomic E-state index is 5.98. The van der Waals surface area contributed by atoms with Crippen molar-refractivity contribution in [2.24, 2.45) is 5.73 Å². The second-order valence-electron chi connectivity index (χ2n) is 3.84. The third-order valence-electron chi connectivity index (χ3n) is 2.61. The van der Waals surface area contributed by atoms with Crippen molar-refractivity contribution in [1.29, 1.82) is 0 Å². The smallest absolute Gasteiger partial charge is 0.264 e. The Balaban J connectivity index is 1.97. The van der Waals surface area contributed by atoms with Crippen LogP contribution in [0.1, 0.15) is 30.7 Å². The van der Waals surface area contributed by atoms with Crippen molar-refractivity contribution >= 4 is 15.9 Å². The third kappa shape index (κ3) is 2.11. The molecule has 0 bridgehead atoms. The van der Waals surface area contributed by atoms with Crippen LogP contribution in [-0.2, 0) is 6.42 Å². The van der Waals surface area contributed by atoms with E-state index in [1.54, 1.807) is 0 Å². The molecule has 0 unspecified atom stereocenters. The van der Waals surface area contributed by atoms with Gasteiger partial charge >= 0.3 is 0 Å². The van der Waals surface area contributed by atoms with Gasteiger partial charge < -0.3 is 10.2 Å². The number of hydrogen-bond donors (Lipinski definition) is 1. The van der Waals surface area contributed by atoms with Gasteiger partial charge in [-0.25, -0.2) is 4.98 Å². The fraction of sp³-hybridized carbons (Fsp3) is 0.667. The van der Waals surface area contributed by atoms with Crippen molar-refractivity contribution in [2.75, 3.05) is 0 Å². The summed E-state index contributed by atoms with van der Waals surface area (Å²) < 4.78 is 5.39. The first kappa shape index (κ1) is 9.21. The number of hydrogen-bond acceptors (Lipinski definition) is 3. The Labute approximate surface area is 85.8 Å². The van der Waals surface area contributed by atoms with Gasteiger partial charge in [0, 0.05) is 27.9 Å².